The van der Waals surface area contributed by atoms with E-state index in [4.69, 9.17) is 0 Å². The topological polar surface area (TPSA) is 29.1 Å². The number of rotatable bonds is 3. The van der Waals surface area contributed by atoms with E-state index < -0.39 is 0 Å². The van der Waals surface area contributed by atoms with Crippen LogP contribution in [0.1, 0.15) is 6.42 Å². The van der Waals surface area contributed by atoms with Gasteiger partial charge >= 0.3 is 0 Å². The first-order valence-electron chi connectivity index (χ1n) is 1.81. The molecule has 0 aromatic heterocycles. The monoisotopic (exact) mass is 174 g/mol. The van der Waals surface area contributed by atoms with Crippen molar-refractivity contribution in [2.24, 2.45) is 0 Å². The Bertz CT molecular complexity index is 40.7. The van der Waals surface area contributed by atoms with E-state index in [2.05, 4.69) is 12.2 Å². The van der Waals surface area contributed by atoms with E-state index >= 15 is 0 Å². The number of hydrogen-bond donors (Lipinski definition) is 1. The molecule has 1 N–H and O–H groups in total. The molecule has 0 saturated heterocycles. The molecule has 0 atom stereocenters. The minimum Gasteiger partial charge on any atom is -0.532 e. The molecule has 0 aliphatic carbocycles. The van der Waals surface area contributed by atoms with Crippen molar-refractivity contribution >= 4 is 6.41 Å². The van der Waals surface area contributed by atoms with E-state index in [9.17, 15) is 4.79 Å². The molecule has 0 aromatic rings. The minimum absolute atomic E-state index is 0. The van der Waals surface area contributed by atoms with Gasteiger partial charge in [-0.25, -0.2) is 0 Å². The van der Waals surface area contributed by atoms with Crippen molar-refractivity contribution in [3.8, 4) is 0 Å². The fourth-order valence-electron chi connectivity index (χ4n) is 0.139. The fourth-order valence-corrected chi connectivity index (χ4v) is 0.139. The van der Waals surface area contributed by atoms with Crippen molar-refractivity contribution in [2.75, 3.05) is 6.54 Å². The third-order valence-corrected chi connectivity index (χ3v) is 0.374. The molecule has 1 radical (unpaired) electrons. The summed E-state index contributed by atoms with van der Waals surface area (Å²) in [6, 6.07) is 0. The number of nitrogens with one attached hydrogen (secondary N) is 1. The van der Waals surface area contributed by atoms with Crippen LogP contribution in [0, 0.1) is 6.92 Å². The van der Waals surface area contributed by atoms with Gasteiger partial charge in [0.15, 0.2) is 0 Å². The van der Waals surface area contributed by atoms with E-state index in [0.29, 0.717) is 6.54 Å². The molecule has 3 heteroatoms. The summed E-state index contributed by atoms with van der Waals surface area (Å²) in [7, 11) is 0. The van der Waals surface area contributed by atoms with Crippen LogP contribution < -0.4 is 5.32 Å². The maximum Gasteiger partial charge on any atom is 0 e. The van der Waals surface area contributed by atoms with Gasteiger partial charge in [0.25, 0.3) is 0 Å². The van der Waals surface area contributed by atoms with Crippen LogP contribution in [0.5, 0.6) is 0 Å². The normalized spacial score (nSPS) is 6.43. The van der Waals surface area contributed by atoms with Crippen molar-refractivity contribution in [1.82, 2.24) is 5.32 Å². The van der Waals surface area contributed by atoms with Crippen molar-refractivity contribution < 1.29 is 37.5 Å². The minimum atomic E-state index is 0. The summed E-state index contributed by atoms with van der Waals surface area (Å²) in [4.78, 5) is 9.30. The summed E-state index contributed by atoms with van der Waals surface area (Å²) in [6.45, 7) is 4.11. The molecule has 0 aromatic carbocycles. The predicted molar refractivity (Wildman–Crippen MR) is 23.7 cm³/mol. The summed E-state index contributed by atoms with van der Waals surface area (Å²) in [6.07, 6.45) is 2.26. The molecule has 0 bridgehead atoms. The van der Waals surface area contributed by atoms with Crippen LogP contribution in [-0.4, -0.2) is 13.0 Å². The smallest absolute Gasteiger partial charge is 0 e. The first kappa shape index (κ1) is 10.5. The summed E-state index contributed by atoms with van der Waals surface area (Å²) in [5.41, 5.74) is 0. The van der Waals surface area contributed by atoms with E-state index in [1.807, 2.05) is 0 Å². The van der Waals surface area contributed by atoms with Crippen LogP contribution in [0.15, 0.2) is 0 Å². The number of amides is 1. The maximum absolute atomic E-state index is 9.30. The van der Waals surface area contributed by atoms with Crippen molar-refractivity contribution in [1.29, 1.82) is 0 Å². The van der Waals surface area contributed by atoms with Gasteiger partial charge in [0, 0.05) is 32.7 Å². The average molecular weight is 174 g/mol. The van der Waals surface area contributed by atoms with Crippen LogP contribution in [0.4, 0.5) is 0 Å². The third kappa shape index (κ3) is 10.8. The number of carbonyl (C=O) groups excluding carboxylic acids is 1. The molecule has 39 valence electrons. The van der Waals surface area contributed by atoms with Gasteiger partial charge in [-0.2, -0.15) is 12.8 Å². The Kier molecular flexibility index (Phi) is 14.7. The molecule has 0 spiro atoms. The van der Waals surface area contributed by atoms with Crippen molar-refractivity contribution in [3.63, 3.8) is 0 Å². The van der Waals surface area contributed by atoms with Crippen LogP contribution in [-0.2, 0) is 37.5 Å². The summed E-state index contributed by atoms with van der Waals surface area (Å²) in [5, 5.41) is 2.33. The second-order valence-corrected chi connectivity index (χ2v) is 0.882. The van der Waals surface area contributed by atoms with Crippen LogP contribution in [0.25, 0.3) is 0 Å². The largest absolute Gasteiger partial charge is 0.532 e. The van der Waals surface area contributed by atoms with Gasteiger partial charge in [0.05, 0.1) is 0 Å². The van der Waals surface area contributed by atoms with Crippen molar-refractivity contribution in [3.05, 3.63) is 6.92 Å². The standard InChI is InChI=1S/C4H7NO.Y/c1-2-3-5-4-6;/h1-3H2,(H,5,6);/q-2;. The van der Waals surface area contributed by atoms with Gasteiger partial charge in [-0.05, 0) is 6.54 Å². The van der Waals surface area contributed by atoms with Crippen molar-refractivity contribution in [2.45, 2.75) is 6.42 Å². The molecule has 1 amide bonds. The van der Waals surface area contributed by atoms with Gasteiger partial charge in [0.2, 0.25) is 0 Å². The molecular weight excluding hydrogens is 167 g/mol. The van der Waals surface area contributed by atoms with Crippen LogP contribution >= 0.6 is 0 Å². The Morgan fingerprint density at radius 1 is 1.71 bits per heavy atom. The second-order valence-electron chi connectivity index (χ2n) is 0.882. The van der Waals surface area contributed by atoms with Crippen LogP contribution in [0.2, 0.25) is 0 Å². The van der Waals surface area contributed by atoms with Gasteiger partial charge in [0.1, 0.15) is 0 Å². The predicted octanol–water partition coefficient (Wildman–Crippen LogP) is -0.135. The molecular formula is C4H7NOY-2. The molecule has 0 fully saturated rings. The van der Waals surface area contributed by atoms with Crippen LogP contribution in [0.3, 0.4) is 0 Å². The zero-order chi connectivity index (χ0) is 4.83. The van der Waals surface area contributed by atoms with E-state index in [1.54, 1.807) is 0 Å². The Balaban J connectivity index is 0. The zero-order valence-electron chi connectivity index (χ0n) is 4.11. The molecule has 0 unspecified atom stereocenters. The van der Waals surface area contributed by atoms with Gasteiger partial charge in [-0.15, -0.1) is 0 Å². The molecule has 0 heterocycles. The SMILES string of the molecule is [CH2-]CCN[C-]=O.[Y]. The third-order valence-electron chi connectivity index (χ3n) is 0.374. The van der Waals surface area contributed by atoms with Gasteiger partial charge in [-0.3, -0.25) is 0 Å². The summed E-state index contributed by atoms with van der Waals surface area (Å²) in [5.74, 6) is 0. The second kappa shape index (κ2) is 9.76. The summed E-state index contributed by atoms with van der Waals surface area (Å²) < 4.78 is 0. The molecule has 0 aliphatic rings. The van der Waals surface area contributed by atoms with E-state index in [0.717, 1.165) is 6.42 Å². The Morgan fingerprint density at radius 3 is 2.43 bits per heavy atom. The number of hydrogen-bond acceptors (Lipinski definition) is 1. The molecule has 0 saturated carbocycles. The first-order chi connectivity index (χ1) is 2.91. The first-order valence-corrected chi connectivity index (χ1v) is 1.81. The molecule has 0 aliphatic heterocycles. The average Bonchev–Trinajstić information content (AvgIpc) is 1.61. The van der Waals surface area contributed by atoms with E-state index in [-0.39, 0.29) is 32.7 Å². The molecule has 2 nitrogen and oxygen atoms in total. The fraction of sp³-hybridized carbons (Fsp3) is 0.500. The quantitative estimate of drug-likeness (QED) is 0.360. The molecule has 0 rings (SSSR count). The Hall–Kier alpha value is 0.574. The zero-order valence-corrected chi connectivity index (χ0v) is 6.95. The Morgan fingerprint density at radius 2 is 2.29 bits per heavy atom. The Labute approximate surface area is 68.9 Å². The maximum atomic E-state index is 9.30. The molecule has 7 heavy (non-hydrogen) atoms. The van der Waals surface area contributed by atoms with Gasteiger partial charge < -0.3 is 17.0 Å². The van der Waals surface area contributed by atoms with Gasteiger partial charge in [-0.1, -0.05) is 0 Å². The summed E-state index contributed by atoms with van der Waals surface area (Å²) >= 11 is 0. The van der Waals surface area contributed by atoms with E-state index in [1.165, 1.54) is 6.41 Å².